The highest BCUT2D eigenvalue weighted by atomic mass is 16.1. The summed E-state index contributed by atoms with van der Waals surface area (Å²) >= 11 is 0. The Labute approximate surface area is 150 Å². The average molecular weight is 333 g/mol. The first kappa shape index (κ1) is 17.5. The van der Waals surface area contributed by atoms with Gasteiger partial charge in [0.1, 0.15) is 0 Å². The van der Waals surface area contributed by atoms with Gasteiger partial charge < -0.3 is 4.57 Å². The Morgan fingerprint density at radius 3 is 2.28 bits per heavy atom. The van der Waals surface area contributed by atoms with Crippen LogP contribution in [0.15, 0.2) is 65.5 Å². The fourth-order valence-electron chi connectivity index (χ4n) is 3.47. The number of hydrogen-bond donors (Lipinski definition) is 0. The summed E-state index contributed by atoms with van der Waals surface area (Å²) in [5, 5.41) is 1.15. The van der Waals surface area contributed by atoms with Crippen LogP contribution in [0, 0.1) is 0 Å². The molecule has 0 aliphatic carbocycles. The van der Waals surface area contributed by atoms with Crippen LogP contribution in [0.5, 0.6) is 0 Å². The minimum absolute atomic E-state index is 0.103. The monoisotopic (exact) mass is 333 g/mol. The van der Waals surface area contributed by atoms with Crippen molar-refractivity contribution < 1.29 is 0 Å². The maximum Gasteiger partial charge on any atom is 0.251 e. The summed E-state index contributed by atoms with van der Waals surface area (Å²) in [6.07, 6.45) is 7.42. The summed E-state index contributed by atoms with van der Waals surface area (Å²) in [5.41, 5.74) is 3.27. The zero-order valence-corrected chi connectivity index (χ0v) is 15.1. The summed E-state index contributed by atoms with van der Waals surface area (Å²) in [6, 6.07) is 20.2. The lowest BCUT2D eigenvalue weighted by Gasteiger charge is -2.14. The molecule has 0 fully saturated rings. The molecule has 0 saturated carbocycles. The van der Waals surface area contributed by atoms with Crippen LogP contribution in [0.4, 0.5) is 0 Å². The average Bonchev–Trinajstić information content (AvgIpc) is 2.66. The van der Waals surface area contributed by atoms with E-state index in [0.717, 1.165) is 35.0 Å². The molecule has 3 rings (SSSR count). The van der Waals surface area contributed by atoms with Crippen LogP contribution >= 0.6 is 0 Å². The molecule has 2 nitrogen and oxygen atoms in total. The van der Waals surface area contributed by atoms with Crippen LogP contribution in [0.1, 0.15) is 45.4 Å². The Bertz CT molecular complexity index is 864. The molecule has 130 valence electrons. The smallest absolute Gasteiger partial charge is 0.251 e. The molecule has 0 saturated heterocycles. The Hall–Kier alpha value is -2.35. The minimum atomic E-state index is 0.103. The molecule has 0 spiro atoms. The molecular weight excluding hydrogens is 306 g/mol. The van der Waals surface area contributed by atoms with Gasteiger partial charge in [-0.15, -0.1) is 0 Å². The Morgan fingerprint density at radius 1 is 0.800 bits per heavy atom. The van der Waals surface area contributed by atoms with Crippen molar-refractivity contribution >= 4 is 10.9 Å². The number of para-hydroxylation sites is 1. The molecule has 0 amide bonds. The Morgan fingerprint density at radius 2 is 1.48 bits per heavy atom. The number of nitrogens with zero attached hydrogens (tertiary/aromatic N) is 1. The second-order valence-corrected chi connectivity index (χ2v) is 6.70. The number of aromatic nitrogens is 1. The Balaban J connectivity index is 1.88. The van der Waals surface area contributed by atoms with Crippen LogP contribution in [0.3, 0.4) is 0 Å². The normalized spacial score (nSPS) is 11.1. The number of rotatable bonds is 8. The summed E-state index contributed by atoms with van der Waals surface area (Å²) in [5.74, 6) is 0. The number of unbranched alkanes of at least 4 members (excludes halogenated alkanes) is 5. The number of pyridine rings is 1. The van der Waals surface area contributed by atoms with Gasteiger partial charge in [0.05, 0.1) is 5.52 Å². The molecule has 0 N–H and O–H groups in total. The molecule has 0 atom stereocenters. The molecule has 0 unspecified atom stereocenters. The molecule has 3 aromatic rings. The molecule has 0 radical (unpaired) electrons. The fourth-order valence-corrected chi connectivity index (χ4v) is 3.47. The number of fused-ring (bicyclic) bond motifs is 1. The summed E-state index contributed by atoms with van der Waals surface area (Å²) in [4.78, 5) is 12.8. The van der Waals surface area contributed by atoms with Gasteiger partial charge in [-0.1, -0.05) is 87.6 Å². The zero-order valence-electron chi connectivity index (χ0n) is 15.1. The van der Waals surface area contributed by atoms with E-state index in [1.807, 2.05) is 34.9 Å². The lowest BCUT2D eigenvalue weighted by Crippen LogP contribution is -2.20. The van der Waals surface area contributed by atoms with Crippen LogP contribution in [0.25, 0.3) is 22.0 Å². The van der Waals surface area contributed by atoms with Gasteiger partial charge in [0.15, 0.2) is 0 Å². The fraction of sp³-hybridized carbons (Fsp3) is 0.348. The van der Waals surface area contributed by atoms with E-state index in [9.17, 15) is 4.79 Å². The zero-order chi connectivity index (χ0) is 17.5. The topological polar surface area (TPSA) is 22.0 Å². The Kier molecular flexibility index (Phi) is 6.05. The molecule has 0 aliphatic rings. The summed E-state index contributed by atoms with van der Waals surface area (Å²) in [7, 11) is 0. The molecule has 1 aromatic heterocycles. The van der Waals surface area contributed by atoms with Crippen LogP contribution in [-0.2, 0) is 6.54 Å². The maximum absolute atomic E-state index is 12.8. The quantitative estimate of drug-likeness (QED) is 0.461. The number of aryl methyl sites for hydroxylation is 1. The van der Waals surface area contributed by atoms with Gasteiger partial charge in [-0.3, -0.25) is 4.79 Å². The third kappa shape index (κ3) is 4.19. The van der Waals surface area contributed by atoms with E-state index in [4.69, 9.17) is 0 Å². The van der Waals surface area contributed by atoms with E-state index < -0.39 is 0 Å². The minimum Gasteiger partial charge on any atom is -0.308 e. The highest BCUT2D eigenvalue weighted by Crippen LogP contribution is 2.27. The van der Waals surface area contributed by atoms with Gasteiger partial charge in [-0.25, -0.2) is 0 Å². The van der Waals surface area contributed by atoms with Crippen molar-refractivity contribution in [2.24, 2.45) is 0 Å². The lowest BCUT2D eigenvalue weighted by atomic mass is 10.0. The van der Waals surface area contributed by atoms with Crippen LogP contribution in [0.2, 0.25) is 0 Å². The first-order valence-electron chi connectivity index (χ1n) is 9.49. The molecule has 2 aromatic carbocycles. The second kappa shape index (κ2) is 8.66. The predicted octanol–water partition coefficient (Wildman–Crippen LogP) is 6.03. The van der Waals surface area contributed by atoms with Gasteiger partial charge in [0.2, 0.25) is 0 Å². The predicted molar refractivity (Wildman–Crippen MR) is 107 cm³/mol. The van der Waals surface area contributed by atoms with Crippen LogP contribution in [-0.4, -0.2) is 4.57 Å². The number of benzene rings is 2. The van der Waals surface area contributed by atoms with E-state index in [0.29, 0.717) is 0 Å². The number of hydrogen-bond acceptors (Lipinski definition) is 1. The molecule has 1 heterocycles. The third-order valence-electron chi connectivity index (χ3n) is 4.84. The van der Waals surface area contributed by atoms with Crippen molar-refractivity contribution in [3.8, 4) is 11.1 Å². The van der Waals surface area contributed by atoms with Crippen molar-refractivity contribution in [2.75, 3.05) is 0 Å². The standard InChI is InChI=1S/C23H27NO/c1-2-3-4-5-6-12-17-24-22-16-11-10-15-20(22)21(18-23(24)25)19-13-8-7-9-14-19/h7-11,13-16,18H,2-6,12,17H2,1H3. The molecular formula is C23H27NO. The van der Waals surface area contributed by atoms with Gasteiger partial charge >= 0.3 is 0 Å². The summed E-state index contributed by atoms with van der Waals surface area (Å²) < 4.78 is 1.95. The maximum atomic E-state index is 12.8. The van der Waals surface area contributed by atoms with Crippen molar-refractivity contribution in [3.05, 3.63) is 71.0 Å². The molecule has 25 heavy (non-hydrogen) atoms. The highest BCUT2D eigenvalue weighted by Gasteiger charge is 2.09. The van der Waals surface area contributed by atoms with Gasteiger partial charge in [0, 0.05) is 18.0 Å². The molecule has 2 heteroatoms. The SMILES string of the molecule is CCCCCCCCn1c(=O)cc(-c2ccccc2)c2ccccc21. The second-order valence-electron chi connectivity index (χ2n) is 6.70. The van der Waals surface area contributed by atoms with Crippen molar-refractivity contribution in [3.63, 3.8) is 0 Å². The van der Waals surface area contributed by atoms with E-state index in [1.54, 1.807) is 6.07 Å². The van der Waals surface area contributed by atoms with E-state index >= 15 is 0 Å². The summed E-state index contributed by atoms with van der Waals surface area (Å²) in [6.45, 7) is 3.04. The van der Waals surface area contributed by atoms with Crippen molar-refractivity contribution in [1.82, 2.24) is 4.57 Å². The third-order valence-corrected chi connectivity index (χ3v) is 4.84. The molecule has 0 bridgehead atoms. The molecule has 0 aliphatic heterocycles. The van der Waals surface area contributed by atoms with E-state index in [-0.39, 0.29) is 5.56 Å². The first-order valence-corrected chi connectivity index (χ1v) is 9.49. The first-order chi connectivity index (χ1) is 12.3. The van der Waals surface area contributed by atoms with Crippen molar-refractivity contribution in [1.29, 1.82) is 0 Å². The lowest BCUT2D eigenvalue weighted by molar-refractivity contribution is 0.558. The van der Waals surface area contributed by atoms with E-state index in [1.165, 1.54) is 32.1 Å². The highest BCUT2D eigenvalue weighted by molar-refractivity contribution is 5.94. The van der Waals surface area contributed by atoms with E-state index in [2.05, 4.69) is 31.2 Å². The van der Waals surface area contributed by atoms with Gasteiger partial charge in [0.25, 0.3) is 5.56 Å². The van der Waals surface area contributed by atoms with Gasteiger partial charge in [-0.2, -0.15) is 0 Å². The van der Waals surface area contributed by atoms with Crippen LogP contribution < -0.4 is 5.56 Å². The van der Waals surface area contributed by atoms with Gasteiger partial charge in [-0.05, 0) is 23.6 Å². The van der Waals surface area contributed by atoms with Crippen molar-refractivity contribution in [2.45, 2.75) is 52.0 Å². The largest absolute Gasteiger partial charge is 0.308 e.